The molecule has 0 radical (unpaired) electrons. The topological polar surface area (TPSA) is 109 Å². The number of aliphatic hydroxyl groups is 1. The minimum Gasteiger partial charge on any atom is -0.450 e. The number of para-hydroxylation sites is 1. The van der Waals surface area contributed by atoms with Gasteiger partial charge in [0.15, 0.2) is 17.3 Å². The summed E-state index contributed by atoms with van der Waals surface area (Å²) in [7, 11) is 0. The van der Waals surface area contributed by atoms with E-state index in [-0.39, 0.29) is 29.2 Å². The van der Waals surface area contributed by atoms with Gasteiger partial charge in [-0.2, -0.15) is 0 Å². The third kappa shape index (κ3) is 5.23. The molecule has 2 atom stereocenters. The van der Waals surface area contributed by atoms with Crippen LogP contribution in [0.5, 0.6) is 0 Å². The third-order valence-corrected chi connectivity index (χ3v) is 5.15. The zero-order valence-corrected chi connectivity index (χ0v) is 18.4. The van der Waals surface area contributed by atoms with Crippen LogP contribution in [0.1, 0.15) is 42.5 Å². The molecule has 0 spiro atoms. The molecule has 3 rings (SSSR count). The minimum atomic E-state index is -1.49. The van der Waals surface area contributed by atoms with Gasteiger partial charge in [0.1, 0.15) is 5.58 Å². The largest absolute Gasteiger partial charge is 0.450 e. The summed E-state index contributed by atoms with van der Waals surface area (Å²) >= 11 is 0. The van der Waals surface area contributed by atoms with Gasteiger partial charge in [-0.05, 0) is 44.4 Å². The van der Waals surface area contributed by atoms with Crippen LogP contribution in [0, 0.1) is 0 Å². The summed E-state index contributed by atoms with van der Waals surface area (Å²) in [6.45, 7) is 5.34. The molecule has 7 nitrogen and oxygen atoms in total. The zero-order valence-electron chi connectivity index (χ0n) is 18.4. The number of hydrogen-bond acceptors (Lipinski definition) is 5. The Hall–Kier alpha value is -3.45. The van der Waals surface area contributed by atoms with Crippen molar-refractivity contribution in [1.29, 1.82) is 0 Å². The maximum atomic E-state index is 13.2. The second kappa shape index (κ2) is 10.2. The fraction of sp³-hybridized carbons (Fsp3) is 0.320. The molecule has 0 fully saturated rings. The van der Waals surface area contributed by atoms with Crippen LogP contribution in [0.4, 0.5) is 0 Å². The zero-order chi connectivity index (χ0) is 23.3. The predicted octanol–water partition coefficient (Wildman–Crippen LogP) is 2.58. The number of carbonyl (C=O) groups excluding carboxylic acids is 2. The van der Waals surface area contributed by atoms with Gasteiger partial charge in [0, 0.05) is 11.6 Å². The van der Waals surface area contributed by atoms with Gasteiger partial charge in [0.25, 0.3) is 11.8 Å². The van der Waals surface area contributed by atoms with Gasteiger partial charge < -0.3 is 20.2 Å². The first-order chi connectivity index (χ1) is 15.3. The highest BCUT2D eigenvalue weighted by molar-refractivity contribution is 5.95. The van der Waals surface area contributed by atoms with E-state index in [9.17, 15) is 19.5 Å². The molecule has 0 saturated heterocycles. The molecule has 1 aromatic heterocycles. The predicted molar refractivity (Wildman–Crippen MR) is 123 cm³/mol. The van der Waals surface area contributed by atoms with Crippen molar-refractivity contribution in [1.82, 2.24) is 10.6 Å². The standard InChI is InChI=1S/C25H28N2O5/c1-4-17-21(28)18-12-8-9-13-20(18)32-23(17)25(31)27-19(14-16-10-6-5-7-11-16)22(29)24(30)26-15(2)3/h5-13,15,19,22,29H,4,14H2,1-3H3,(H,26,30)(H,27,31)/t19-,22+/m0/s1. The summed E-state index contributed by atoms with van der Waals surface area (Å²) in [5, 5.41) is 16.5. The molecule has 32 heavy (non-hydrogen) atoms. The van der Waals surface area contributed by atoms with Crippen LogP contribution in [0.2, 0.25) is 0 Å². The Morgan fingerprint density at radius 3 is 2.31 bits per heavy atom. The number of nitrogens with one attached hydrogen (secondary N) is 2. The lowest BCUT2D eigenvalue weighted by atomic mass is 9.99. The van der Waals surface area contributed by atoms with Crippen molar-refractivity contribution < 1.29 is 19.1 Å². The number of benzene rings is 2. The molecule has 0 aliphatic rings. The Balaban J connectivity index is 1.95. The molecule has 0 saturated carbocycles. The van der Waals surface area contributed by atoms with Crippen LogP contribution in [0.3, 0.4) is 0 Å². The molecule has 2 amide bonds. The van der Waals surface area contributed by atoms with Crippen LogP contribution < -0.4 is 16.1 Å². The Kier molecular flexibility index (Phi) is 7.43. The maximum absolute atomic E-state index is 13.2. The first-order valence-corrected chi connectivity index (χ1v) is 10.7. The van der Waals surface area contributed by atoms with E-state index < -0.39 is 24.0 Å². The maximum Gasteiger partial charge on any atom is 0.287 e. The summed E-state index contributed by atoms with van der Waals surface area (Å²) in [5.74, 6) is -1.34. The Labute approximate surface area is 186 Å². The van der Waals surface area contributed by atoms with E-state index in [2.05, 4.69) is 10.6 Å². The number of rotatable bonds is 8. The van der Waals surface area contributed by atoms with Gasteiger partial charge in [-0.3, -0.25) is 14.4 Å². The van der Waals surface area contributed by atoms with Gasteiger partial charge in [-0.25, -0.2) is 0 Å². The second-order valence-electron chi connectivity index (χ2n) is 7.97. The van der Waals surface area contributed by atoms with Crippen LogP contribution >= 0.6 is 0 Å². The highest BCUT2D eigenvalue weighted by Crippen LogP contribution is 2.17. The molecule has 1 heterocycles. The molecule has 2 aromatic carbocycles. The highest BCUT2D eigenvalue weighted by Gasteiger charge is 2.30. The Bertz CT molecular complexity index is 1150. The molecule has 3 aromatic rings. The average Bonchev–Trinajstić information content (AvgIpc) is 2.78. The highest BCUT2D eigenvalue weighted by atomic mass is 16.3. The van der Waals surface area contributed by atoms with Gasteiger partial charge in [0.05, 0.1) is 11.4 Å². The molecular formula is C25H28N2O5. The van der Waals surface area contributed by atoms with E-state index in [1.165, 1.54) is 0 Å². The van der Waals surface area contributed by atoms with Crippen molar-refractivity contribution in [3.63, 3.8) is 0 Å². The third-order valence-electron chi connectivity index (χ3n) is 5.15. The van der Waals surface area contributed by atoms with Crippen LogP contribution in [0.15, 0.2) is 63.8 Å². The van der Waals surface area contributed by atoms with Crippen LogP contribution in [0.25, 0.3) is 11.0 Å². The van der Waals surface area contributed by atoms with E-state index in [0.717, 1.165) is 5.56 Å². The molecule has 0 aliphatic carbocycles. The van der Waals surface area contributed by atoms with Gasteiger partial charge in [-0.15, -0.1) is 0 Å². The molecular weight excluding hydrogens is 408 g/mol. The van der Waals surface area contributed by atoms with Crippen molar-refractivity contribution in [2.75, 3.05) is 0 Å². The molecule has 0 unspecified atom stereocenters. The first kappa shape index (κ1) is 23.2. The lowest BCUT2D eigenvalue weighted by molar-refractivity contribution is -0.131. The monoisotopic (exact) mass is 436 g/mol. The summed E-state index contributed by atoms with van der Waals surface area (Å²) in [6.07, 6.45) is -0.965. The van der Waals surface area contributed by atoms with Gasteiger partial charge >= 0.3 is 0 Å². The second-order valence-corrected chi connectivity index (χ2v) is 7.97. The number of hydrogen-bond donors (Lipinski definition) is 3. The molecule has 7 heteroatoms. The Morgan fingerprint density at radius 2 is 1.66 bits per heavy atom. The fourth-order valence-corrected chi connectivity index (χ4v) is 3.58. The van der Waals surface area contributed by atoms with Crippen molar-refractivity contribution in [3.05, 3.63) is 81.7 Å². The molecule has 0 aliphatic heterocycles. The minimum absolute atomic E-state index is 0.106. The van der Waals surface area contributed by atoms with Gasteiger partial charge in [-0.1, -0.05) is 49.4 Å². The van der Waals surface area contributed by atoms with E-state index in [4.69, 9.17) is 4.42 Å². The van der Waals surface area contributed by atoms with Crippen LogP contribution in [-0.4, -0.2) is 35.1 Å². The Morgan fingerprint density at radius 1 is 1.00 bits per heavy atom. The average molecular weight is 437 g/mol. The summed E-state index contributed by atoms with van der Waals surface area (Å²) in [6, 6.07) is 14.9. The normalized spacial score (nSPS) is 13.0. The molecule has 0 bridgehead atoms. The lowest BCUT2D eigenvalue weighted by Crippen LogP contribution is -2.53. The van der Waals surface area contributed by atoms with Crippen molar-refractivity contribution >= 4 is 22.8 Å². The number of aliphatic hydroxyl groups excluding tert-OH is 1. The fourth-order valence-electron chi connectivity index (χ4n) is 3.58. The first-order valence-electron chi connectivity index (χ1n) is 10.7. The molecule has 168 valence electrons. The van der Waals surface area contributed by atoms with E-state index in [0.29, 0.717) is 17.4 Å². The molecule has 3 N–H and O–H groups in total. The van der Waals surface area contributed by atoms with E-state index >= 15 is 0 Å². The number of amides is 2. The quantitative estimate of drug-likeness (QED) is 0.503. The summed E-state index contributed by atoms with van der Waals surface area (Å²) in [4.78, 5) is 38.5. The van der Waals surface area contributed by atoms with Crippen molar-refractivity contribution in [2.24, 2.45) is 0 Å². The lowest BCUT2D eigenvalue weighted by Gasteiger charge is -2.24. The SMILES string of the molecule is CCc1c(C(=O)N[C@@H](Cc2ccccc2)[C@@H](O)C(=O)NC(C)C)oc2ccccc2c1=O. The van der Waals surface area contributed by atoms with Gasteiger partial charge in [0.2, 0.25) is 0 Å². The summed E-state index contributed by atoms with van der Waals surface area (Å²) < 4.78 is 5.79. The van der Waals surface area contributed by atoms with E-state index in [1.807, 2.05) is 30.3 Å². The number of fused-ring (bicyclic) bond motifs is 1. The smallest absolute Gasteiger partial charge is 0.287 e. The van der Waals surface area contributed by atoms with Crippen LogP contribution in [-0.2, 0) is 17.6 Å². The number of carbonyl (C=O) groups is 2. The summed E-state index contributed by atoms with van der Waals surface area (Å²) in [5.41, 5.74) is 1.13. The van der Waals surface area contributed by atoms with Crippen molar-refractivity contribution in [2.45, 2.75) is 51.8 Å². The van der Waals surface area contributed by atoms with Crippen molar-refractivity contribution in [3.8, 4) is 0 Å². The van der Waals surface area contributed by atoms with E-state index in [1.54, 1.807) is 45.0 Å².